The monoisotopic (exact) mass is 268 g/mol. The quantitative estimate of drug-likeness (QED) is 0.656. The molecule has 1 amide bonds. The molecule has 2 aromatic rings. The number of rotatable bonds is 4. The summed E-state index contributed by atoms with van der Waals surface area (Å²) in [5, 5.41) is 12.8. The second-order valence-corrected chi connectivity index (χ2v) is 3.94. The maximum atomic E-state index is 11.8. The zero-order chi connectivity index (χ0) is 14.4. The van der Waals surface area contributed by atoms with Crippen molar-refractivity contribution >= 4 is 17.6 Å². The van der Waals surface area contributed by atoms with Crippen molar-refractivity contribution in [3.05, 3.63) is 71.8 Å². The van der Waals surface area contributed by atoms with Crippen LogP contribution in [0.5, 0.6) is 0 Å². The number of hydrogen-bond donors (Lipinski definition) is 2. The van der Waals surface area contributed by atoms with Crippen LogP contribution in [0.25, 0.3) is 0 Å². The highest BCUT2D eigenvalue weighted by molar-refractivity contribution is 6.42. The lowest BCUT2D eigenvalue weighted by Gasteiger charge is -2.03. The molecule has 0 atom stereocenters. The van der Waals surface area contributed by atoms with Crippen LogP contribution in [-0.4, -0.2) is 22.7 Å². The topological polar surface area (TPSA) is 78.8 Å². The van der Waals surface area contributed by atoms with E-state index in [0.717, 1.165) is 0 Å². The average Bonchev–Trinajstić information content (AvgIpc) is 2.49. The van der Waals surface area contributed by atoms with Crippen LogP contribution in [0.4, 0.5) is 0 Å². The summed E-state index contributed by atoms with van der Waals surface area (Å²) in [6.45, 7) is 0. The van der Waals surface area contributed by atoms with Crippen LogP contribution in [-0.2, 0) is 4.79 Å². The number of carboxylic acid groups (broad SMARTS) is 1. The van der Waals surface area contributed by atoms with Gasteiger partial charge in [-0.2, -0.15) is 5.10 Å². The summed E-state index contributed by atoms with van der Waals surface area (Å²) in [6.07, 6.45) is 0. The molecule has 0 fully saturated rings. The Morgan fingerprint density at radius 3 is 1.85 bits per heavy atom. The van der Waals surface area contributed by atoms with Crippen LogP contribution in [0.1, 0.15) is 15.9 Å². The van der Waals surface area contributed by atoms with Crippen molar-refractivity contribution in [1.29, 1.82) is 0 Å². The minimum Gasteiger partial charge on any atom is -0.476 e. The fourth-order valence-corrected chi connectivity index (χ4v) is 1.59. The van der Waals surface area contributed by atoms with Crippen molar-refractivity contribution in [2.45, 2.75) is 0 Å². The molecular formula is C15H12N2O3. The molecule has 0 aromatic heterocycles. The molecule has 2 aromatic carbocycles. The van der Waals surface area contributed by atoms with Gasteiger partial charge in [0, 0.05) is 11.1 Å². The first kappa shape index (κ1) is 13.5. The van der Waals surface area contributed by atoms with Crippen LogP contribution in [0.2, 0.25) is 0 Å². The fraction of sp³-hybridized carbons (Fsp3) is 0. The van der Waals surface area contributed by atoms with Crippen LogP contribution in [0.15, 0.2) is 65.8 Å². The molecule has 0 radical (unpaired) electrons. The number of hydrazone groups is 1. The number of hydrogen-bond acceptors (Lipinski definition) is 3. The molecule has 0 aliphatic carbocycles. The second-order valence-electron chi connectivity index (χ2n) is 3.94. The Hall–Kier alpha value is -2.95. The minimum absolute atomic E-state index is 0.213. The van der Waals surface area contributed by atoms with Gasteiger partial charge in [0.05, 0.1) is 0 Å². The zero-order valence-corrected chi connectivity index (χ0v) is 10.5. The van der Waals surface area contributed by atoms with E-state index in [9.17, 15) is 9.59 Å². The Morgan fingerprint density at radius 2 is 1.35 bits per heavy atom. The number of benzene rings is 2. The van der Waals surface area contributed by atoms with Crippen LogP contribution < -0.4 is 5.43 Å². The summed E-state index contributed by atoms with van der Waals surface area (Å²) in [6, 6.07) is 16.9. The standard InChI is InChI=1S/C15H12N2O3/c18-14(12-9-5-2-6-10-12)17-16-13(15(19)20)11-7-3-1-4-8-11/h1-10H,(H,17,18)(H,19,20)/b16-13+. The van der Waals surface area contributed by atoms with E-state index in [1.54, 1.807) is 60.7 Å². The van der Waals surface area contributed by atoms with Gasteiger partial charge in [-0.1, -0.05) is 48.5 Å². The molecule has 0 spiro atoms. The van der Waals surface area contributed by atoms with Gasteiger partial charge in [0.1, 0.15) is 0 Å². The number of amides is 1. The fourth-order valence-electron chi connectivity index (χ4n) is 1.59. The van der Waals surface area contributed by atoms with Crippen LogP contribution in [0, 0.1) is 0 Å². The highest BCUT2D eigenvalue weighted by atomic mass is 16.4. The Labute approximate surface area is 115 Å². The first-order valence-electron chi connectivity index (χ1n) is 5.90. The smallest absolute Gasteiger partial charge is 0.356 e. The van der Waals surface area contributed by atoms with Gasteiger partial charge < -0.3 is 5.11 Å². The third-order valence-electron chi connectivity index (χ3n) is 2.56. The average molecular weight is 268 g/mol. The maximum absolute atomic E-state index is 11.8. The Kier molecular flexibility index (Phi) is 4.24. The summed E-state index contributed by atoms with van der Waals surface area (Å²) in [5.74, 6) is -1.66. The minimum atomic E-state index is -1.20. The third-order valence-corrected chi connectivity index (χ3v) is 2.56. The normalized spacial score (nSPS) is 10.9. The lowest BCUT2D eigenvalue weighted by atomic mass is 10.1. The first-order valence-corrected chi connectivity index (χ1v) is 5.90. The number of aliphatic carboxylic acids is 1. The summed E-state index contributed by atoms with van der Waals surface area (Å²) in [4.78, 5) is 23.0. The van der Waals surface area contributed by atoms with Crippen LogP contribution >= 0.6 is 0 Å². The van der Waals surface area contributed by atoms with E-state index in [2.05, 4.69) is 10.5 Å². The number of carboxylic acids is 1. The van der Waals surface area contributed by atoms with Crippen molar-refractivity contribution in [2.24, 2.45) is 5.10 Å². The summed E-state index contributed by atoms with van der Waals surface area (Å²) < 4.78 is 0. The van der Waals surface area contributed by atoms with Crippen molar-refractivity contribution in [3.8, 4) is 0 Å². The Bertz CT molecular complexity index is 637. The van der Waals surface area contributed by atoms with Gasteiger partial charge >= 0.3 is 5.97 Å². The van der Waals surface area contributed by atoms with Crippen molar-refractivity contribution in [2.75, 3.05) is 0 Å². The molecule has 0 bridgehead atoms. The van der Waals surface area contributed by atoms with Crippen molar-refractivity contribution in [3.63, 3.8) is 0 Å². The SMILES string of the molecule is O=C(O)/C(=N/NC(=O)c1ccccc1)c1ccccc1. The molecule has 0 saturated heterocycles. The lowest BCUT2D eigenvalue weighted by Crippen LogP contribution is -2.23. The zero-order valence-electron chi connectivity index (χ0n) is 10.5. The van der Waals surface area contributed by atoms with Gasteiger partial charge in [-0.15, -0.1) is 0 Å². The largest absolute Gasteiger partial charge is 0.476 e. The van der Waals surface area contributed by atoms with E-state index < -0.39 is 11.9 Å². The molecule has 0 heterocycles. The molecule has 2 rings (SSSR count). The molecule has 0 unspecified atom stereocenters. The van der Waals surface area contributed by atoms with Crippen molar-refractivity contribution in [1.82, 2.24) is 5.43 Å². The second kappa shape index (κ2) is 6.29. The summed E-state index contributed by atoms with van der Waals surface area (Å²) >= 11 is 0. The van der Waals surface area contributed by atoms with E-state index in [4.69, 9.17) is 5.11 Å². The predicted molar refractivity (Wildman–Crippen MR) is 74.5 cm³/mol. The molecule has 100 valence electrons. The molecule has 20 heavy (non-hydrogen) atoms. The van der Waals surface area contributed by atoms with Crippen LogP contribution in [0.3, 0.4) is 0 Å². The number of nitrogens with one attached hydrogen (secondary N) is 1. The highest BCUT2D eigenvalue weighted by Gasteiger charge is 2.13. The Balaban J connectivity index is 2.19. The maximum Gasteiger partial charge on any atom is 0.356 e. The molecule has 0 aliphatic rings. The number of carbonyl (C=O) groups excluding carboxylic acids is 1. The predicted octanol–water partition coefficient (Wildman–Crippen LogP) is 1.91. The van der Waals surface area contributed by atoms with E-state index >= 15 is 0 Å². The molecule has 5 nitrogen and oxygen atoms in total. The van der Waals surface area contributed by atoms with E-state index in [1.165, 1.54) is 0 Å². The molecule has 0 saturated carbocycles. The molecular weight excluding hydrogens is 256 g/mol. The number of nitrogens with zero attached hydrogens (tertiary/aromatic N) is 1. The van der Waals surface area contributed by atoms with Gasteiger partial charge in [-0.3, -0.25) is 4.79 Å². The van der Waals surface area contributed by atoms with Gasteiger partial charge in [0.15, 0.2) is 5.71 Å². The Morgan fingerprint density at radius 1 is 0.850 bits per heavy atom. The molecule has 5 heteroatoms. The molecule has 0 aliphatic heterocycles. The first-order chi connectivity index (χ1) is 9.68. The van der Waals surface area contributed by atoms with E-state index in [0.29, 0.717) is 11.1 Å². The summed E-state index contributed by atoms with van der Waals surface area (Å²) in [7, 11) is 0. The number of carbonyl (C=O) groups is 2. The van der Waals surface area contributed by atoms with E-state index in [1.807, 2.05) is 0 Å². The van der Waals surface area contributed by atoms with Gasteiger partial charge in [0.25, 0.3) is 5.91 Å². The summed E-state index contributed by atoms with van der Waals surface area (Å²) in [5.41, 5.74) is 2.87. The third kappa shape index (κ3) is 3.29. The van der Waals surface area contributed by atoms with Gasteiger partial charge in [-0.05, 0) is 12.1 Å². The van der Waals surface area contributed by atoms with Crippen molar-refractivity contribution < 1.29 is 14.7 Å². The van der Waals surface area contributed by atoms with Gasteiger partial charge in [-0.25, -0.2) is 10.2 Å². The molecule has 2 N–H and O–H groups in total. The highest BCUT2D eigenvalue weighted by Crippen LogP contribution is 2.02. The van der Waals surface area contributed by atoms with Gasteiger partial charge in [0.2, 0.25) is 0 Å². The lowest BCUT2D eigenvalue weighted by molar-refractivity contribution is -0.129. The van der Waals surface area contributed by atoms with E-state index in [-0.39, 0.29) is 5.71 Å².